The molecule has 0 aromatic heterocycles. The molecular weight excluding hydrogens is 288 g/mol. The number of anilines is 3. The van der Waals surface area contributed by atoms with Crippen LogP contribution in [0, 0.1) is 0 Å². The number of hydrogen-bond acceptors (Lipinski definition) is 2. The van der Waals surface area contributed by atoms with Crippen LogP contribution in [0.3, 0.4) is 0 Å². The van der Waals surface area contributed by atoms with Crippen LogP contribution >= 0.6 is 11.6 Å². The summed E-state index contributed by atoms with van der Waals surface area (Å²) in [6.07, 6.45) is -0.509. The van der Waals surface area contributed by atoms with Gasteiger partial charge in [-0.25, -0.2) is 0 Å². The third kappa shape index (κ3) is 2.38. The molecule has 1 aliphatic heterocycles. The Kier molecular flexibility index (Phi) is 2.20. The summed E-state index contributed by atoms with van der Waals surface area (Å²) in [6, 6.07) is 1.73. The Morgan fingerprint density at radius 1 is 1.10 bits per heavy atom. The van der Waals surface area contributed by atoms with Crippen molar-refractivity contribution in [3.63, 3.8) is 0 Å². The maximum absolute atomic E-state index is 12.8. The Bertz CT molecular complexity index is 937. The normalized spacial score (nSPS) is 18.3. The lowest BCUT2D eigenvalue weighted by molar-refractivity contribution is -0.125. The highest BCUT2D eigenvalue weighted by Gasteiger charge is 2.30. The average Bonchev–Trinajstić information content (AvgIpc) is 2.68. The molecule has 0 N–H and O–H groups in total. The van der Waals surface area contributed by atoms with Crippen LogP contribution in [0.15, 0.2) is 48.4 Å². The molecule has 0 unspecified atom stereocenters. The molecule has 0 spiro atoms. The van der Waals surface area contributed by atoms with Gasteiger partial charge in [0.2, 0.25) is 11.8 Å². The Hall–Kier alpha value is -2.33. The summed E-state index contributed by atoms with van der Waals surface area (Å²) in [5.41, 5.74) is 0.207. The molecule has 1 aliphatic rings. The SMILES string of the molecule is [2H]c1c([2H])c([2H])c(N2C(=O)CC(=O)N(C)c3ccc(Cl)cc32)c([2H])c1[2H]. The number of para-hydroxylation sites is 1. The van der Waals surface area contributed by atoms with Gasteiger partial charge in [0.1, 0.15) is 6.42 Å². The lowest BCUT2D eigenvalue weighted by Gasteiger charge is -2.24. The van der Waals surface area contributed by atoms with Crippen molar-refractivity contribution in [3.8, 4) is 0 Å². The van der Waals surface area contributed by atoms with E-state index in [0.29, 0.717) is 5.69 Å². The summed E-state index contributed by atoms with van der Waals surface area (Å²) in [5.74, 6) is -1.19. The predicted molar refractivity (Wildman–Crippen MR) is 83.1 cm³/mol. The minimum Gasteiger partial charge on any atom is -0.313 e. The van der Waals surface area contributed by atoms with Crippen LogP contribution in [-0.2, 0) is 9.59 Å². The van der Waals surface area contributed by atoms with Gasteiger partial charge in [-0.05, 0) is 30.3 Å². The second-order valence-corrected chi connectivity index (χ2v) is 4.90. The molecule has 0 aliphatic carbocycles. The second-order valence-electron chi connectivity index (χ2n) is 4.47. The highest BCUT2D eigenvalue weighted by atomic mass is 35.5. The van der Waals surface area contributed by atoms with Gasteiger partial charge in [0.05, 0.1) is 18.2 Å². The van der Waals surface area contributed by atoms with E-state index in [2.05, 4.69) is 0 Å². The molecular formula is C16H13ClN2O2. The van der Waals surface area contributed by atoms with Gasteiger partial charge in [0.15, 0.2) is 0 Å². The van der Waals surface area contributed by atoms with Gasteiger partial charge in [-0.2, -0.15) is 0 Å². The predicted octanol–water partition coefficient (Wildman–Crippen LogP) is 3.37. The Morgan fingerprint density at radius 2 is 1.81 bits per heavy atom. The fourth-order valence-electron chi connectivity index (χ4n) is 2.16. The summed E-state index contributed by atoms with van der Waals surface area (Å²) >= 11 is 6.04. The highest BCUT2D eigenvalue weighted by molar-refractivity contribution is 6.31. The van der Waals surface area contributed by atoms with E-state index in [4.69, 9.17) is 18.5 Å². The van der Waals surface area contributed by atoms with Crippen molar-refractivity contribution < 1.29 is 16.4 Å². The van der Waals surface area contributed by atoms with Crippen LogP contribution in [0.4, 0.5) is 17.1 Å². The van der Waals surface area contributed by atoms with E-state index in [1.165, 1.54) is 24.1 Å². The van der Waals surface area contributed by atoms with Crippen molar-refractivity contribution in [2.24, 2.45) is 0 Å². The van der Waals surface area contributed by atoms with E-state index in [0.717, 1.165) is 4.90 Å². The van der Waals surface area contributed by atoms with Crippen LogP contribution in [0.25, 0.3) is 0 Å². The Labute approximate surface area is 134 Å². The van der Waals surface area contributed by atoms with E-state index >= 15 is 0 Å². The summed E-state index contributed by atoms with van der Waals surface area (Å²) in [5, 5.41) is 0.275. The number of hydrogen-bond donors (Lipinski definition) is 0. The first-order chi connectivity index (χ1) is 12.1. The van der Waals surface area contributed by atoms with Gasteiger partial charge in [0, 0.05) is 17.8 Å². The maximum Gasteiger partial charge on any atom is 0.241 e. The van der Waals surface area contributed by atoms with Crippen LogP contribution in [0.2, 0.25) is 5.02 Å². The van der Waals surface area contributed by atoms with E-state index < -0.39 is 48.4 Å². The molecule has 106 valence electrons. The average molecular weight is 306 g/mol. The molecule has 0 saturated carbocycles. The van der Waals surface area contributed by atoms with Crippen LogP contribution < -0.4 is 9.80 Å². The first kappa shape index (κ1) is 8.85. The number of carbonyl (C=O) groups excluding carboxylic acids is 2. The number of halogens is 1. The molecule has 2 aromatic rings. The van der Waals surface area contributed by atoms with Gasteiger partial charge in [-0.15, -0.1) is 0 Å². The molecule has 4 nitrogen and oxygen atoms in total. The van der Waals surface area contributed by atoms with E-state index in [1.54, 1.807) is 6.07 Å². The largest absolute Gasteiger partial charge is 0.313 e. The molecule has 21 heavy (non-hydrogen) atoms. The standard InChI is InChI=1S/C16H13ClN2O2/c1-18-13-8-7-11(17)9-14(13)19(16(21)10-15(18)20)12-5-3-2-4-6-12/h2-9H,10H2,1H3/i2D,3D,4D,5D,6D. The first-order valence-electron chi connectivity index (χ1n) is 8.61. The fraction of sp³-hybridized carbons (Fsp3) is 0.125. The molecule has 1 heterocycles. The topological polar surface area (TPSA) is 40.6 Å². The molecule has 0 fully saturated rings. The van der Waals surface area contributed by atoms with Crippen LogP contribution in [0.5, 0.6) is 0 Å². The van der Waals surface area contributed by atoms with Crippen molar-refractivity contribution in [2.45, 2.75) is 6.42 Å². The smallest absolute Gasteiger partial charge is 0.241 e. The molecule has 0 bridgehead atoms. The number of carbonyl (C=O) groups is 2. The zero-order valence-electron chi connectivity index (χ0n) is 16.0. The summed E-state index contributed by atoms with van der Waals surface area (Å²) < 4.78 is 39.6. The fourth-order valence-corrected chi connectivity index (χ4v) is 2.32. The highest BCUT2D eigenvalue weighted by Crippen LogP contribution is 2.38. The molecule has 0 atom stereocenters. The monoisotopic (exact) mass is 305 g/mol. The number of benzene rings is 2. The van der Waals surface area contributed by atoms with Gasteiger partial charge in [-0.1, -0.05) is 29.7 Å². The molecule has 5 heteroatoms. The van der Waals surface area contributed by atoms with Crippen molar-refractivity contribution in [1.29, 1.82) is 0 Å². The summed E-state index contributed by atoms with van der Waals surface area (Å²) in [6.45, 7) is 0. The van der Waals surface area contributed by atoms with Crippen molar-refractivity contribution in [1.82, 2.24) is 0 Å². The Morgan fingerprint density at radius 3 is 2.52 bits per heavy atom. The minimum atomic E-state index is -0.707. The van der Waals surface area contributed by atoms with E-state index in [-0.39, 0.29) is 16.4 Å². The summed E-state index contributed by atoms with van der Waals surface area (Å²) in [4.78, 5) is 27.3. The molecule has 2 aromatic carbocycles. The number of fused-ring (bicyclic) bond motifs is 1. The minimum absolute atomic E-state index is 0.175. The van der Waals surface area contributed by atoms with Gasteiger partial charge >= 0.3 is 0 Å². The summed E-state index contributed by atoms with van der Waals surface area (Å²) in [7, 11) is 1.49. The maximum atomic E-state index is 12.8. The molecule has 2 amide bonds. The van der Waals surface area contributed by atoms with Crippen molar-refractivity contribution in [2.75, 3.05) is 16.8 Å². The van der Waals surface area contributed by atoms with Crippen molar-refractivity contribution >= 4 is 40.5 Å². The third-order valence-corrected chi connectivity index (χ3v) is 3.41. The molecule has 3 rings (SSSR count). The number of nitrogens with zero attached hydrogens (tertiary/aromatic N) is 2. The second kappa shape index (κ2) is 5.22. The van der Waals surface area contributed by atoms with Gasteiger partial charge in [0.25, 0.3) is 0 Å². The van der Waals surface area contributed by atoms with Crippen molar-refractivity contribution in [3.05, 3.63) is 53.4 Å². The quantitative estimate of drug-likeness (QED) is 0.758. The zero-order chi connectivity index (χ0) is 19.3. The Balaban J connectivity index is 2.39. The van der Waals surface area contributed by atoms with Gasteiger partial charge in [-0.3, -0.25) is 14.5 Å². The lowest BCUT2D eigenvalue weighted by Crippen LogP contribution is -2.28. The molecule has 0 saturated heterocycles. The van der Waals surface area contributed by atoms with Gasteiger partial charge < -0.3 is 4.90 Å². The lowest BCUT2D eigenvalue weighted by atomic mass is 10.2. The third-order valence-electron chi connectivity index (χ3n) is 3.18. The zero-order valence-corrected chi connectivity index (χ0v) is 11.8. The number of amides is 2. The first-order valence-corrected chi connectivity index (χ1v) is 6.49. The van der Waals surface area contributed by atoms with E-state index in [1.807, 2.05) is 0 Å². The molecule has 0 radical (unpaired) electrons. The van der Waals surface area contributed by atoms with Crippen LogP contribution in [-0.4, -0.2) is 18.9 Å². The number of rotatable bonds is 1. The van der Waals surface area contributed by atoms with E-state index in [9.17, 15) is 9.59 Å². The van der Waals surface area contributed by atoms with Crippen LogP contribution in [0.1, 0.15) is 13.3 Å².